The van der Waals surface area contributed by atoms with Gasteiger partial charge in [-0.25, -0.2) is 9.40 Å². The zero-order valence-corrected chi connectivity index (χ0v) is 12.1. The van der Waals surface area contributed by atoms with Gasteiger partial charge in [-0.05, 0) is 42.0 Å². The lowest BCUT2D eigenvalue weighted by molar-refractivity contribution is 0.375. The van der Waals surface area contributed by atoms with E-state index in [0.717, 1.165) is 12.1 Å². The smallest absolute Gasteiger partial charge is 0.194 e. The fourth-order valence-corrected chi connectivity index (χ4v) is 2.57. The molecule has 2 aromatic carbocycles. The van der Waals surface area contributed by atoms with Crippen molar-refractivity contribution in [2.75, 3.05) is 5.32 Å². The summed E-state index contributed by atoms with van der Waals surface area (Å²) in [5.74, 6) is -0.271. The molecule has 0 bridgehead atoms. The summed E-state index contributed by atoms with van der Waals surface area (Å²) < 4.78 is 12.9. The number of rotatable bonds is 2. The van der Waals surface area contributed by atoms with Crippen molar-refractivity contribution in [1.82, 2.24) is 5.01 Å². The van der Waals surface area contributed by atoms with Crippen LogP contribution in [0.2, 0.25) is 0 Å². The second-order valence-electron chi connectivity index (χ2n) is 4.74. The van der Waals surface area contributed by atoms with Gasteiger partial charge in [0.05, 0.1) is 6.04 Å². The van der Waals surface area contributed by atoms with Gasteiger partial charge < -0.3 is 5.32 Å². The molecular weight excluding hydrogens is 285 g/mol. The molecule has 0 aliphatic carbocycles. The Morgan fingerprint density at radius 3 is 2.57 bits per heavy atom. The molecule has 3 nitrogen and oxygen atoms in total. The number of nitrogens with zero attached hydrogens (tertiary/aromatic N) is 2. The van der Waals surface area contributed by atoms with Crippen molar-refractivity contribution in [1.29, 1.82) is 0 Å². The Kier molecular flexibility index (Phi) is 3.92. The molecule has 1 heterocycles. The first-order valence-electron chi connectivity index (χ1n) is 6.67. The van der Waals surface area contributed by atoms with Crippen LogP contribution in [0.4, 0.5) is 10.1 Å². The van der Waals surface area contributed by atoms with E-state index in [1.54, 1.807) is 17.1 Å². The van der Waals surface area contributed by atoms with Gasteiger partial charge in [-0.1, -0.05) is 30.3 Å². The Hall–Kier alpha value is -2.27. The Labute approximate surface area is 128 Å². The van der Waals surface area contributed by atoms with Crippen LogP contribution >= 0.6 is 12.2 Å². The van der Waals surface area contributed by atoms with Crippen molar-refractivity contribution in [3.05, 3.63) is 66.0 Å². The number of hydrogen-bond donors (Lipinski definition) is 1. The second kappa shape index (κ2) is 6.01. The van der Waals surface area contributed by atoms with Crippen molar-refractivity contribution in [2.24, 2.45) is 5.10 Å². The quantitative estimate of drug-likeness (QED) is 0.851. The molecule has 0 saturated carbocycles. The number of halogens is 1. The molecule has 1 atom stereocenters. The first-order chi connectivity index (χ1) is 10.2. The number of thiocarbonyl (C=S) groups is 1. The van der Waals surface area contributed by atoms with E-state index in [4.69, 9.17) is 12.2 Å². The van der Waals surface area contributed by atoms with Crippen molar-refractivity contribution < 1.29 is 4.39 Å². The molecule has 1 N–H and O–H groups in total. The van der Waals surface area contributed by atoms with Gasteiger partial charge in [-0.15, -0.1) is 0 Å². The highest BCUT2D eigenvalue weighted by molar-refractivity contribution is 7.80. The molecule has 0 amide bonds. The average molecular weight is 299 g/mol. The first kappa shape index (κ1) is 13.7. The molecule has 21 heavy (non-hydrogen) atoms. The van der Waals surface area contributed by atoms with E-state index in [1.165, 1.54) is 17.7 Å². The number of hydrazone groups is 1. The van der Waals surface area contributed by atoms with Crippen LogP contribution in [-0.4, -0.2) is 16.3 Å². The summed E-state index contributed by atoms with van der Waals surface area (Å²) in [6.07, 6.45) is 2.67. The summed E-state index contributed by atoms with van der Waals surface area (Å²) >= 11 is 5.41. The highest BCUT2D eigenvalue weighted by atomic mass is 32.1. The highest BCUT2D eigenvalue weighted by Crippen LogP contribution is 2.28. The molecule has 106 valence electrons. The number of anilines is 1. The van der Waals surface area contributed by atoms with E-state index < -0.39 is 0 Å². The standard InChI is InChI=1S/C16H14FN3S/c17-13-6-8-14(9-7-13)19-16(21)20-15(10-11-18-20)12-4-2-1-3-5-12/h1-9,11,15H,10H2,(H,19,21)/t15-/m0/s1. The average Bonchev–Trinajstić information content (AvgIpc) is 3.00. The summed E-state index contributed by atoms with van der Waals surface area (Å²) in [6, 6.07) is 16.3. The van der Waals surface area contributed by atoms with Crippen LogP contribution in [0.25, 0.3) is 0 Å². The maximum absolute atomic E-state index is 12.9. The van der Waals surface area contributed by atoms with Gasteiger partial charge in [0.2, 0.25) is 0 Å². The molecule has 0 radical (unpaired) electrons. The van der Waals surface area contributed by atoms with Gasteiger partial charge in [0.25, 0.3) is 0 Å². The molecule has 0 saturated heterocycles. The van der Waals surface area contributed by atoms with E-state index in [0.29, 0.717) is 5.11 Å². The molecule has 1 aliphatic rings. The van der Waals surface area contributed by atoms with Crippen LogP contribution in [-0.2, 0) is 0 Å². The SMILES string of the molecule is Fc1ccc(NC(=S)N2N=CC[C@H]2c2ccccc2)cc1. The molecule has 0 aromatic heterocycles. The van der Waals surface area contributed by atoms with Crippen LogP contribution in [0, 0.1) is 5.82 Å². The topological polar surface area (TPSA) is 27.6 Å². The maximum Gasteiger partial charge on any atom is 0.194 e. The summed E-state index contributed by atoms with van der Waals surface area (Å²) in [4.78, 5) is 0. The lowest BCUT2D eigenvalue weighted by Gasteiger charge is -2.25. The van der Waals surface area contributed by atoms with Crippen LogP contribution in [0.5, 0.6) is 0 Å². The number of hydrogen-bond acceptors (Lipinski definition) is 2. The zero-order chi connectivity index (χ0) is 14.7. The van der Waals surface area contributed by atoms with Gasteiger partial charge in [0.15, 0.2) is 5.11 Å². The Morgan fingerprint density at radius 2 is 1.86 bits per heavy atom. The third kappa shape index (κ3) is 3.08. The van der Waals surface area contributed by atoms with Crippen molar-refractivity contribution in [3.63, 3.8) is 0 Å². The number of nitrogens with one attached hydrogen (secondary N) is 1. The zero-order valence-electron chi connectivity index (χ0n) is 11.2. The molecule has 0 fully saturated rings. The van der Waals surface area contributed by atoms with Crippen molar-refractivity contribution >= 4 is 29.2 Å². The molecule has 0 unspecified atom stereocenters. The van der Waals surface area contributed by atoms with E-state index in [9.17, 15) is 4.39 Å². The van der Waals surface area contributed by atoms with Gasteiger partial charge in [0, 0.05) is 18.3 Å². The minimum atomic E-state index is -0.271. The molecular formula is C16H14FN3S. The Morgan fingerprint density at radius 1 is 1.14 bits per heavy atom. The molecule has 3 rings (SSSR count). The highest BCUT2D eigenvalue weighted by Gasteiger charge is 2.25. The normalized spacial score (nSPS) is 17.0. The van der Waals surface area contributed by atoms with Crippen molar-refractivity contribution in [2.45, 2.75) is 12.5 Å². The minimum absolute atomic E-state index is 0.103. The fourth-order valence-electron chi connectivity index (χ4n) is 2.28. The van der Waals surface area contributed by atoms with Crippen LogP contribution in [0.3, 0.4) is 0 Å². The molecule has 2 aromatic rings. The predicted octanol–water partition coefficient (Wildman–Crippen LogP) is 3.96. The minimum Gasteiger partial charge on any atom is -0.331 e. The van der Waals surface area contributed by atoms with Crippen molar-refractivity contribution in [3.8, 4) is 0 Å². The first-order valence-corrected chi connectivity index (χ1v) is 7.08. The van der Waals surface area contributed by atoms with Gasteiger partial charge in [-0.2, -0.15) is 5.10 Å². The number of benzene rings is 2. The van der Waals surface area contributed by atoms with E-state index >= 15 is 0 Å². The Bertz CT molecular complexity index is 655. The Balaban J connectivity index is 1.74. The largest absolute Gasteiger partial charge is 0.331 e. The van der Waals surface area contributed by atoms with E-state index in [-0.39, 0.29) is 11.9 Å². The summed E-state index contributed by atoms with van der Waals surface area (Å²) in [7, 11) is 0. The van der Waals surface area contributed by atoms with Crippen LogP contribution in [0.15, 0.2) is 59.7 Å². The van der Waals surface area contributed by atoms with Crippen LogP contribution < -0.4 is 5.32 Å². The van der Waals surface area contributed by atoms with E-state index in [1.807, 2.05) is 24.4 Å². The van der Waals surface area contributed by atoms with E-state index in [2.05, 4.69) is 22.6 Å². The summed E-state index contributed by atoms with van der Waals surface area (Å²) in [5, 5.41) is 9.72. The molecule has 1 aliphatic heterocycles. The van der Waals surface area contributed by atoms with Crippen LogP contribution in [0.1, 0.15) is 18.0 Å². The third-order valence-electron chi connectivity index (χ3n) is 3.32. The predicted molar refractivity (Wildman–Crippen MR) is 86.8 cm³/mol. The molecule has 0 spiro atoms. The lowest BCUT2D eigenvalue weighted by atomic mass is 10.1. The summed E-state index contributed by atoms with van der Waals surface area (Å²) in [6.45, 7) is 0. The summed E-state index contributed by atoms with van der Waals surface area (Å²) in [5.41, 5.74) is 1.91. The van der Waals surface area contributed by atoms with Gasteiger partial charge >= 0.3 is 0 Å². The fraction of sp³-hybridized carbons (Fsp3) is 0.125. The van der Waals surface area contributed by atoms with Gasteiger partial charge in [0.1, 0.15) is 5.82 Å². The second-order valence-corrected chi connectivity index (χ2v) is 5.13. The maximum atomic E-state index is 12.9. The third-order valence-corrected chi connectivity index (χ3v) is 3.61. The molecule has 5 heteroatoms. The van der Waals surface area contributed by atoms with Gasteiger partial charge in [-0.3, -0.25) is 0 Å². The lowest BCUT2D eigenvalue weighted by Crippen LogP contribution is -2.31. The monoisotopic (exact) mass is 299 g/mol.